The third-order valence-corrected chi connectivity index (χ3v) is 2.50. The van der Waals surface area contributed by atoms with Crippen LogP contribution in [0.15, 0.2) is 12.3 Å². The summed E-state index contributed by atoms with van der Waals surface area (Å²) in [6.45, 7) is 1.80. The number of pyridine rings is 1. The first-order valence-corrected chi connectivity index (χ1v) is 5.94. The van der Waals surface area contributed by atoms with Gasteiger partial charge in [-0.25, -0.2) is 4.98 Å². The van der Waals surface area contributed by atoms with Crippen molar-refractivity contribution in [2.24, 2.45) is 5.73 Å². The molecule has 0 bridgehead atoms. The van der Waals surface area contributed by atoms with Crippen LogP contribution in [0.2, 0.25) is 0 Å². The van der Waals surface area contributed by atoms with Crippen LogP contribution in [0, 0.1) is 0 Å². The second kappa shape index (κ2) is 6.80. The number of anilines is 2. The summed E-state index contributed by atoms with van der Waals surface area (Å²) in [6.07, 6.45) is 3.60. The molecule has 18 heavy (non-hydrogen) atoms. The Labute approximate surface area is 107 Å². The van der Waals surface area contributed by atoms with Crippen LogP contribution in [-0.2, 0) is 0 Å². The zero-order valence-electron chi connectivity index (χ0n) is 10.9. The van der Waals surface area contributed by atoms with Crippen LogP contribution in [0.3, 0.4) is 0 Å². The predicted molar refractivity (Wildman–Crippen MR) is 73.4 cm³/mol. The average Bonchev–Trinajstić information content (AvgIpc) is 2.29. The van der Waals surface area contributed by atoms with E-state index in [1.54, 1.807) is 0 Å². The predicted octanol–water partition coefficient (Wildman–Crippen LogP) is 0.516. The standard InChI is InChI=1S/C12H21N5O/c1-17(2)6-4-3-5-15-12-10(11(14)18)7-9(13)8-16-12/h7-8H,3-6,13H2,1-2H3,(H2,14,18)(H,15,16). The molecular weight excluding hydrogens is 230 g/mol. The Kier molecular flexibility index (Phi) is 5.38. The molecule has 6 heteroatoms. The van der Waals surface area contributed by atoms with Gasteiger partial charge in [-0.3, -0.25) is 4.79 Å². The van der Waals surface area contributed by atoms with Crippen molar-refractivity contribution in [1.29, 1.82) is 0 Å². The van der Waals surface area contributed by atoms with Gasteiger partial charge in [-0.05, 0) is 39.5 Å². The maximum atomic E-state index is 11.2. The van der Waals surface area contributed by atoms with Gasteiger partial charge >= 0.3 is 0 Å². The minimum Gasteiger partial charge on any atom is -0.397 e. The summed E-state index contributed by atoms with van der Waals surface area (Å²) < 4.78 is 0. The van der Waals surface area contributed by atoms with Crippen LogP contribution in [-0.4, -0.2) is 43.0 Å². The first-order chi connectivity index (χ1) is 8.50. The Morgan fingerprint density at radius 3 is 2.78 bits per heavy atom. The molecule has 5 N–H and O–H groups in total. The molecule has 0 aromatic carbocycles. The third kappa shape index (κ3) is 4.58. The number of aromatic nitrogens is 1. The van der Waals surface area contributed by atoms with E-state index in [9.17, 15) is 4.79 Å². The molecular formula is C12H21N5O. The van der Waals surface area contributed by atoms with Crippen LogP contribution in [0.25, 0.3) is 0 Å². The summed E-state index contributed by atoms with van der Waals surface area (Å²) in [5.41, 5.74) is 11.6. The molecule has 1 rings (SSSR count). The lowest BCUT2D eigenvalue weighted by Crippen LogP contribution is -2.17. The highest BCUT2D eigenvalue weighted by Crippen LogP contribution is 2.14. The van der Waals surface area contributed by atoms with E-state index in [2.05, 4.69) is 15.2 Å². The lowest BCUT2D eigenvalue weighted by Gasteiger charge is -2.11. The zero-order chi connectivity index (χ0) is 13.5. The molecule has 1 heterocycles. The number of nitrogens with zero attached hydrogens (tertiary/aromatic N) is 2. The molecule has 0 atom stereocenters. The number of hydrogen-bond donors (Lipinski definition) is 3. The van der Waals surface area contributed by atoms with Crippen molar-refractivity contribution in [2.45, 2.75) is 12.8 Å². The number of hydrogen-bond acceptors (Lipinski definition) is 5. The van der Waals surface area contributed by atoms with E-state index in [0.29, 0.717) is 17.1 Å². The molecule has 6 nitrogen and oxygen atoms in total. The van der Waals surface area contributed by atoms with Gasteiger partial charge in [0.25, 0.3) is 5.91 Å². The van der Waals surface area contributed by atoms with Gasteiger partial charge in [0.15, 0.2) is 0 Å². The van der Waals surface area contributed by atoms with Crippen LogP contribution in [0.1, 0.15) is 23.2 Å². The van der Waals surface area contributed by atoms with Gasteiger partial charge in [0.05, 0.1) is 17.4 Å². The Balaban J connectivity index is 2.49. The molecule has 0 saturated carbocycles. The van der Waals surface area contributed by atoms with Gasteiger partial charge < -0.3 is 21.7 Å². The molecule has 0 unspecified atom stereocenters. The first-order valence-electron chi connectivity index (χ1n) is 5.94. The quantitative estimate of drug-likeness (QED) is 0.614. The number of carbonyl (C=O) groups is 1. The average molecular weight is 251 g/mol. The van der Waals surface area contributed by atoms with Crippen molar-refractivity contribution < 1.29 is 4.79 Å². The second-order valence-corrected chi connectivity index (χ2v) is 4.47. The molecule has 0 aliphatic carbocycles. The molecule has 0 spiro atoms. The van der Waals surface area contributed by atoms with Crippen LogP contribution in [0.4, 0.5) is 11.5 Å². The number of nitrogens with two attached hydrogens (primary N) is 2. The fourth-order valence-electron chi connectivity index (χ4n) is 1.57. The number of carbonyl (C=O) groups excluding carboxylic acids is 1. The number of nitrogens with one attached hydrogen (secondary N) is 1. The fraction of sp³-hybridized carbons (Fsp3) is 0.500. The van der Waals surface area contributed by atoms with E-state index in [-0.39, 0.29) is 0 Å². The number of amides is 1. The second-order valence-electron chi connectivity index (χ2n) is 4.47. The van der Waals surface area contributed by atoms with Gasteiger partial charge in [-0.2, -0.15) is 0 Å². The van der Waals surface area contributed by atoms with E-state index in [0.717, 1.165) is 25.9 Å². The van der Waals surface area contributed by atoms with Gasteiger partial charge in [-0.15, -0.1) is 0 Å². The Bertz CT molecular complexity index is 405. The van der Waals surface area contributed by atoms with Gasteiger partial charge in [-0.1, -0.05) is 0 Å². The molecule has 0 saturated heterocycles. The van der Waals surface area contributed by atoms with Crippen LogP contribution < -0.4 is 16.8 Å². The van der Waals surface area contributed by atoms with Crippen LogP contribution in [0.5, 0.6) is 0 Å². The molecule has 0 radical (unpaired) electrons. The number of rotatable bonds is 7. The summed E-state index contributed by atoms with van der Waals surface area (Å²) >= 11 is 0. The molecule has 100 valence electrons. The summed E-state index contributed by atoms with van der Waals surface area (Å²) in [6, 6.07) is 1.54. The normalized spacial score (nSPS) is 10.6. The summed E-state index contributed by atoms with van der Waals surface area (Å²) in [7, 11) is 4.08. The lowest BCUT2D eigenvalue weighted by atomic mass is 10.2. The van der Waals surface area contributed by atoms with Gasteiger partial charge in [0, 0.05) is 6.54 Å². The fourth-order valence-corrected chi connectivity index (χ4v) is 1.57. The van der Waals surface area contributed by atoms with Gasteiger partial charge in [0.2, 0.25) is 0 Å². The Morgan fingerprint density at radius 2 is 2.17 bits per heavy atom. The summed E-state index contributed by atoms with van der Waals surface area (Å²) in [5.74, 6) is -0.0212. The van der Waals surface area contributed by atoms with E-state index in [1.807, 2.05) is 14.1 Å². The van der Waals surface area contributed by atoms with Crippen molar-refractivity contribution in [1.82, 2.24) is 9.88 Å². The van der Waals surface area contributed by atoms with E-state index in [4.69, 9.17) is 11.5 Å². The van der Waals surface area contributed by atoms with Crippen molar-refractivity contribution in [3.05, 3.63) is 17.8 Å². The van der Waals surface area contributed by atoms with Crippen molar-refractivity contribution in [2.75, 3.05) is 38.2 Å². The highest BCUT2D eigenvalue weighted by molar-refractivity contribution is 5.98. The number of nitrogen functional groups attached to an aromatic ring is 1. The first kappa shape index (κ1) is 14.2. The summed E-state index contributed by atoms with van der Waals surface area (Å²) in [4.78, 5) is 17.5. The van der Waals surface area contributed by atoms with E-state index >= 15 is 0 Å². The zero-order valence-corrected chi connectivity index (χ0v) is 10.9. The van der Waals surface area contributed by atoms with Crippen molar-refractivity contribution >= 4 is 17.4 Å². The molecule has 0 aliphatic heterocycles. The van der Waals surface area contributed by atoms with E-state index in [1.165, 1.54) is 12.3 Å². The summed E-state index contributed by atoms with van der Waals surface area (Å²) in [5, 5.41) is 3.11. The molecule has 0 aliphatic rings. The monoisotopic (exact) mass is 251 g/mol. The van der Waals surface area contributed by atoms with Crippen molar-refractivity contribution in [3.8, 4) is 0 Å². The molecule has 1 aromatic heterocycles. The molecule has 0 fully saturated rings. The highest BCUT2D eigenvalue weighted by Gasteiger charge is 2.09. The number of primary amides is 1. The smallest absolute Gasteiger partial charge is 0.252 e. The minimum absolute atomic E-state index is 0.336. The molecule has 1 aromatic rings. The lowest BCUT2D eigenvalue weighted by molar-refractivity contribution is 0.100. The van der Waals surface area contributed by atoms with Crippen molar-refractivity contribution in [3.63, 3.8) is 0 Å². The minimum atomic E-state index is -0.523. The highest BCUT2D eigenvalue weighted by atomic mass is 16.1. The third-order valence-electron chi connectivity index (χ3n) is 2.50. The Hall–Kier alpha value is -1.82. The Morgan fingerprint density at radius 1 is 1.44 bits per heavy atom. The van der Waals surface area contributed by atoms with Crippen LogP contribution >= 0.6 is 0 Å². The largest absolute Gasteiger partial charge is 0.397 e. The maximum Gasteiger partial charge on any atom is 0.252 e. The molecule has 1 amide bonds. The van der Waals surface area contributed by atoms with E-state index < -0.39 is 5.91 Å². The SMILES string of the molecule is CN(C)CCCCNc1ncc(N)cc1C(N)=O. The number of unbranched alkanes of at least 4 members (excludes halogenated alkanes) is 1. The maximum absolute atomic E-state index is 11.2. The topological polar surface area (TPSA) is 97.3 Å². The van der Waals surface area contributed by atoms with Gasteiger partial charge in [0.1, 0.15) is 5.82 Å².